The van der Waals surface area contributed by atoms with E-state index in [1.54, 1.807) is 37.3 Å². The molecule has 0 aliphatic heterocycles. The number of nitrogens with zero attached hydrogens (tertiary/aromatic N) is 1. The molecule has 0 radical (unpaired) electrons. The fourth-order valence-electron chi connectivity index (χ4n) is 1.90. The van der Waals surface area contributed by atoms with Crippen LogP contribution in [-0.4, -0.2) is 36.1 Å². The van der Waals surface area contributed by atoms with Gasteiger partial charge in [0.15, 0.2) is 0 Å². The molecule has 0 saturated heterocycles. The van der Waals surface area contributed by atoms with Crippen LogP contribution in [0.4, 0.5) is 0 Å². The molecule has 0 heterocycles. The van der Waals surface area contributed by atoms with Gasteiger partial charge in [0.25, 0.3) is 10.1 Å². The van der Waals surface area contributed by atoms with E-state index in [-0.39, 0.29) is 5.91 Å². The molecule has 1 aromatic rings. The highest BCUT2D eigenvalue weighted by Gasteiger charge is 2.26. The molecule has 1 atom stereocenters. The van der Waals surface area contributed by atoms with Gasteiger partial charge in [0.05, 0.1) is 6.04 Å². The number of amides is 1. The van der Waals surface area contributed by atoms with Gasteiger partial charge in [-0.25, -0.2) is 0 Å². The maximum Gasteiger partial charge on any atom is 0.267 e. The third-order valence-electron chi connectivity index (χ3n) is 2.67. The highest BCUT2D eigenvalue weighted by molar-refractivity contribution is 7.85. The molecule has 1 aromatic carbocycles. The molecule has 1 rings (SSSR count). The predicted octanol–water partition coefficient (Wildman–Crippen LogP) is 1.48. The van der Waals surface area contributed by atoms with E-state index in [0.717, 1.165) is 0 Å². The van der Waals surface area contributed by atoms with E-state index in [2.05, 4.69) is 0 Å². The highest BCUT2D eigenvalue weighted by Crippen LogP contribution is 2.22. The molecule has 100 valence electrons. The molecule has 0 aromatic heterocycles. The lowest BCUT2D eigenvalue weighted by Gasteiger charge is -2.29. The van der Waals surface area contributed by atoms with Crippen LogP contribution in [-0.2, 0) is 14.9 Å². The molecule has 0 bridgehead atoms. The first-order chi connectivity index (χ1) is 8.35. The third-order valence-corrected chi connectivity index (χ3v) is 3.41. The van der Waals surface area contributed by atoms with Crippen molar-refractivity contribution in [1.82, 2.24) is 4.90 Å². The SMILES string of the molecule is CCN(C(C)=O)C(CS(=O)(=O)O)c1ccccc1. The van der Waals surface area contributed by atoms with Gasteiger partial charge in [-0.1, -0.05) is 30.3 Å². The molecule has 0 aliphatic carbocycles. The molecule has 18 heavy (non-hydrogen) atoms. The standard InChI is InChI=1S/C12H17NO4S/c1-3-13(10(2)14)12(9-18(15,16)17)11-7-5-4-6-8-11/h4-8,12H,3,9H2,1-2H3,(H,15,16,17). The summed E-state index contributed by atoms with van der Waals surface area (Å²) in [7, 11) is -4.15. The lowest BCUT2D eigenvalue weighted by molar-refractivity contribution is -0.130. The topological polar surface area (TPSA) is 74.7 Å². The van der Waals surface area contributed by atoms with Crippen molar-refractivity contribution in [3.05, 3.63) is 35.9 Å². The van der Waals surface area contributed by atoms with Crippen LogP contribution in [0, 0.1) is 0 Å². The molecule has 6 heteroatoms. The summed E-state index contributed by atoms with van der Waals surface area (Å²) >= 11 is 0. The molecular formula is C12H17NO4S. The van der Waals surface area contributed by atoms with Crippen LogP contribution in [0.1, 0.15) is 25.5 Å². The summed E-state index contributed by atoms with van der Waals surface area (Å²) in [4.78, 5) is 12.9. The minimum Gasteiger partial charge on any atom is -0.335 e. The van der Waals surface area contributed by atoms with Gasteiger partial charge in [-0.2, -0.15) is 8.42 Å². The van der Waals surface area contributed by atoms with Crippen LogP contribution in [0.15, 0.2) is 30.3 Å². The lowest BCUT2D eigenvalue weighted by atomic mass is 10.1. The first kappa shape index (κ1) is 14.7. The second kappa shape index (κ2) is 5.97. The summed E-state index contributed by atoms with van der Waals surface area (Å²) < 4.78 is 31.2. The molecule has 1 amide bonds. The van der Waals surface area contributed by atoms with Crippen molar-refractivity contribution in [1.29, 1.82) is 0 Å². The van der Waals surface area contributed by atoms with Gasteiger partial charge < -0.3 is 4.90 Å². The number of hydrogen-bond acceptors (Lipinski definition) is 3. The molecule has 1 unspecified atom stereocenters. The van der Waals surface area contributed by atoms with E-state index in [9.17, 15) is 13.2 Å². The van der Waals surface area contributed by atoms with Gasteiger partial charge in [0, 0.05) is 13.5 Å². The Morgan fingerprint density at radius 1 is 1.33 bits per heavy atom. The Kier molecular flexibility index (Phi) is 4.86. The summed E-state index contributed by atoms with van der Waals surface area (Å²) in [5.41, 5.74) is 0.687. The largest absolute Gasteiger partial charge is 0.335 e. The smallest absolute Gasteiger partial charge is 0.267 e. The van der Waals surface area contributed by atoms with Crippen LogP contribution in [0.3, 0.4) is 0 Å². The quantitative estimate of drug-likeness (QED) is 0.823. The number of carbonyl (C=O) groups is 1. The molecular weight excluding hydrogens is 254 g/mol. The summed E-state index contributed by atoms with van der Waals surface area (Å²) in [6.07, 6.45) is 0. The van der Waals surface area contributed by atoms with Crippen molar-refractivity contribution in [3.8, 4) is 0 Å². The lowest BCUT2D eigenvalue weighted by Crippen LogP contribution is -2.36. The highest BCUT2D eigenvalue weighted by atomic mass is 32.2. The summed E-state index contributed by atoms with van der Waals surface area (Å²) in [5.74, 6) is -0.722. The fourth-order valence-corrected chi connectivity index (χ4v) is 2.67. The van der Waals surface area contributed by atoms with Gasteiger partial charge in [-0.15, -0.1) is 0 Å². The number of rotatable bonds is 5. The zero-order chi connectivity index (χ0) is 13.8. The van der Waals surface area contributed by atoms with Gasteiger partial charge in [0.1, 0.15) is 5.75 Å². The molecule has 1 N–H and O–H groups in total. The average Bonchev–Trinajstić information content (AvgIpc) is 2.28. The Balaban J connectivity index is 3.14. The van der Waals surface area contributed by atoms with Crippen LogP contribution >= 0.6 is 0 Å². The Morgan fingerprint density at radius 2 is 1.89 bits per heavy atom. The minimum absolute atomic E-state index is 0.227. The average molecular weight is 271 g/mol. The molecule has 0 spiro atoms. The maximum atomic E-state index is 11.5. The third kappa shape index (κ3) is 4.12. The van der Waals surface area contributed by atoms with E-state index in [1.807, 2.05) is 0 Å². The van der Waals surface area contributed by atoms with Crippen LogP contribution in [0.2, 0.25) is 0 Å². The molecule has 0 aliphatic rings. The fraction of sp³-hybridized carbons (Fsp3) is 0.417. The van der Waals surface area contributed by atoms with Crippen molar-refractivity contribution in [2.75, 3.05) is 12.3 Å². The summed E-state index contributed by atoms with van der Waals surface area (Å²) in [6, 6.07) is 8.14. The van der Waals surface area contributed by atoms with Crippen molar-refractivity contribution in [2.45, 2.75) is 19.9 Å². The normalized spacial score (nSPS) is 13.1. The second-order valence-corrected chi connectivity index (χ2v) is 5.48. The Labute approximate surface area is 107 Å². The number of carbonyl (C=O) groups excluding carboxylic acids is 1. The monoisotopic (exact) mass is 271 g/mol. The Morgan fingerprint density at radius 3 is 2.28 bits per heavy atom. The van der Waals surface area contributed by atoms with Crippen LogP contribution < -0.4 is 0 Å². The van der Waals surface area contributed by atoms with Crippen molar-refractivity contribution < 1.29 is 17.8 Å². The van der Waals surface area contributed by atoms with E-state index in [4.69, 9.17) is 4.55 Å². The van der Waals surface area contributed by atoms with Crippen molar-refractivity contribution >= 4 is 16.0 Å². The van der Waals surface area contributed by atoms with Gasteiger partial charge in [-0.05, 0) is 12.5 Å². The zero-order valence-corrected chi connectivity index (χ0v) is 11.2. The van der Waals surface area contributed by atoms with E-state index >= 15 is 0 Å². The molecule has 0 fully saturated rings. The Hall–Kier alpha value is -1.40. The van der Waals surface area contributed by atoms with Gasteiger partial charge in [0.2, 0.25) is 5.91 Å². The van der Waals surface area contributed by atoms with E-state index in [1.165, 1.54) is 11.8 Å². The number of hydrogen-bond donors (Lipinski definition) is 1. The minimum atomic E-state index is -4.15. The number of benzene rings is 1. The summed E-state index contributed by atoms with van der Waals surface area (Å²) in [6.45, 7) is 3.52. The second-order valence-electron chi connectivity index (χ2n) is 3.98. The Bertz CT molecular complexity index is 498. The predicted molar refractivity (Wildman–Crippen MR) is 68.7 cm³/mol. The van der Waals surface area contributed by atoms with Crippen molar-refractivity contribution in [2.24, 2.45) is 0 Å². The van der Waals surface area contributed by atoms with E-state index in [0.29, 0.717) is 12.1 Å². The van der Waals surface area contributed by atoms with Crippen molar-refractivity contribution in [3.63, 3.8) is 0 Å². The molecule has 0 saturated carbocycles. The molecule has 5 nitrogen and oxygen atoms in total. The van der Waals surface area contributed by atoms with Gasteiger partial charge >= 0.3 is 0 Å². The van der Waals surface area contributed by atoms with Gasteiger partial charge in [-0.3, -0.25) is 9.35 Å². The first-order valence-electron chi connectivity index (χ1n) is 5.62. The van der Waals surface area contributed by atoms with E-state index < -0.39 is 21.9 Å². The summed E-state index contributed by atoms with van der Waals surface area (Å²) in [5, 5.41) is 0. The maximum absolute atomic E-state index is 11.5. The first-order valence-corrected chi connectivity index (χ1v) is 7.23. The van der Waals surface area contributed by atoms with Crippen LogP contribution in [0.5, 0.6) is 0 Å². The zero-order valence-electron chi connectivity index (χ0n) is 10.4. The van der Waals surface area contributed by atoms with Crippen LogP contribution in [0.25, 0.3) is 0 Å².